The molecule has 4 rings (SSSR count). The first-order chi connectivity index (χ1) is 8.91. The van der Waals surface area contributed by atoms with Gasteiger partial charge >= 0.3 is 0 Å². The topological polar surface area (TPSA) is 61.4 Å². The van der Waals surface area contributed by atoms with Crippen molar-refractivity contribution in [2.24, 2.45) is 23.2 Å². The monoisotopic (exact) mass is 266 g/mol. The van der Waals surface area contributed by atoms with Crippen molar-refractivity contribution >= 4 is 5.91 Å². The van der Waals surface area contributed by atoms with Gasteiger partial charge in [-0.2, -0.15) is 0 Å². The normalized spacial score (nSPS) is 47.6. The van der Waals surface area contributed by atoms with Crippen LogP contribution >= 0.6 is 0 Å². The molecule has 1 saturated heterocycles. The maximum absolute atomic E-state index is 12.2. The van der Waals surface area contributed by atoms with E-state index >= 15 is 0 Å². The Morgan fingerprint density at radius 1 is 1.37 bits per heavy atom. The van der Waals surface area contributed by atoms with Gasteiger partial charge in [0.15, 0.2) is 0 Å². The van der Waals surface area contributed by atoms with E-state index in [2.05, 4.69) is 31.4 Å². The summed E-state index contributed by atoms with van der Waals surface area (Å²) in [7, 11) is 0. The van der Waals surface area contributed by atoms with E-state index in [0.717, 1.165) is 24.8 Å². The van der Waals surface area contributed by atoms with Crippen molar-refractivity contribution in [1.29, 1.82) is 0 Å². The van der Waals surface area contributed by atoms with Crippen LogP contribution < -0.4 is 10.6 Å². The molecule has 1 heterocycles. The van der Waals surface area contributed by atoms with E-state index < -0.39 is 12.1 Å². The van der Waals surface area contributed by atoms with Crippen LogP contribution in [0.5, 0.6) is 0 Å². The highest BCUT2D eigenvalue weighted by molar-refractivity contribution is 5.83. The second-order valence-electron chi connectivity index (χ2n) is 7.36. The van der Waals surface area contributed by atoms with Gasteiger partial charge in [-0.3, -0.25) is 4.79 Å². The van der Waals surface area contributed by atoms with Crippen LogP contribution in [0.15, 0.2) is 0 Å². The molecular formula is C15H26N2O2. The first-order valence-electron chi connectivity index (χ1n) is 7.63. The molecule has 4 fully saturated rings. The molecular weight excluding hydrogens is 240 g/mol. The van der Waals surface area contributed by atoms with Crippen LogP contribution in [0.25, 0.3) is 0 Å². The summed E-state index contributed by atoms with van der Waals surface area (Å²) in [5.74, 6) is 2.02. The summed E-state index contributed by atoms with van der Waals surface area (Å²) in [6.07, 6.45) is 2.57. The first-order valence-corrected chi connectivity index (χ1v) is 7.63. The summed E-state index contributed by atoms with van der Waals surface area (Å²) >= 11 is 0. The van der Waals surface area contributed by atoms with Gasteiger partial charge in [0.05, 0.1) is 6.10 Å². The molecule has 3 saturated carbocycles. The third-order valence-electron chi connectivity index (χ3n) is 6.15. The van der Waals surface area contributed by atoms with Crippen molar-refractivity contribution in [2.45, 2.75) is 58.2 Å². The highest BCUT2D eigenvalue weighted by Crippen LogP contribution is 2.61. The fourth-order valence-corrected chi connectivity index (χ4v) is 4.57. The van der Waals surface area contributed by atoms with Crippen LogP contribution in [-0.2, 0) is 4.79 Å². The quantitative estimate of drug-likeness (QED) is 0.696. The summed E-state index contributed by atoms with van der Waals surface area (Å²) in [6.45, 7) is 7.73. The summed E-state index contributed by atoms with van der Waals surface area (Å²) < 4.78 is 0. The van der Waals surface area contributed by atoms with Gasteiger partial charge < -0.3 is 15.7 Å². The fraction of sp³-hybridized carbons (Fsp3) is 0.933. The maximum atomic E-state index is 12.2. The lowest BCUT2D eigenvalue weighted by atomic mass is 9.45. The number of carbonyl (C=O) groups excluding carboxylic acids is 1. The van der Waals surface area contributed by atoms with Crippen molar-refractivity contribution in [3.63, 3.8) is 0 Å². The third kappa shape index (κ3) is 2.00. The molecule has 19 heavy (non-hydrogen) atoms. The Bertz CT molecular complexity index is 382. The second kappa shape index (κ2) is 4.45. The van der Waals surface area contributed by atoms with Crippen molar-refractivity contribution in [3.8, 4) is 0 Å². The standard InChI is InChI=1S/C15H26N2O2/c1-8-10-6-9(15(10,2)3)7-11(8)17-14(19)13-12(18)4-5-16-13/h8-13,16,18H,4-7H2,1-3H3,(H,17,19)/t8-,9+,10-,11-,12-,13-/m0/s1. The number of fused-ring (bicyclic) bond motifs is 2. The minimum absolute atomic E-state index is 0.0130. The van der Waals surface area contributed by atoms with Crippen molar-refractivity contribution in [2.75, 3.05) is 6.54 Å². The Hall–Kier alpha value is -0.610. The number of amides is 1. The van der Waals surface area contributed by atoms with E-state index in [-0.39, 0.29) is 5.91 Å². The molecule has 1 amide bonds. The largest absolute Gasteiger partial charge is 0.391 e. The molecule has 0 aromatic rings. The van der Waals surface area contributed by atoms with E-state index in [1.54, 1.807) is 0 Å². The number of aliphatic hydroxyl groups is 1. The Labute approximate surface area is 115 Å². The van der Waals surface area contributed by atoms with Gasteiger partial charge in [-0.1, -0.05) is 20.8 Å². The molecule has 4 aliphatic rings. The predicted molar refractivity (Wildman–Crippen MR) is 73.5 cm³/mol. The van der Waals surface area contributed by atoms with E-state index in [9.17, 15) is 9.90 Å². The molecule has 4 nitrogen and oxygen atoms in total. The van der Waals surface area contributed by atoms with Gasteiger partial charge in [0.1, 0.15) is 6.04 Å². The number of rotatable bonds is 2. The van der Waals surface area contributed by atoms with Gasteiger partial charge in [-0.15, -0.1) is 0 Å². The molecule has 0 aromatic heterocycles. The number of hydrogen-bond acceptors (Lipinski definition) is 3. The van der Waals surface area contributed by atoms with Crippen molar-refractivity contribution in [1.82, 2.24) is 10.6 Å². The molecule has 0 unspecified atom stereocenters. The Balaban J connectivity index is 1.61. The number of hydrogen-bond donors (Lipinski definition) is 3. The Morgan fingerprint density at radius 2 is 2.11 bits per heavy atom. The molecule has 0 spiro atoms. The van der Waals surface area contributed by atoms with E-state index in [1.807, 2.05) is 0 Å². The molecule has 3 N–H and O–H groups in total. The van der Waals surface area contributed by atoms with E-state index in [4.69, 9.17) is 0 Å². The summed E-state index contributed by atoms with van der Waals surface area (Å²) in [5.41, 5.74) is 0.450. The lowest BCUT2D eigenvalue weighted by molar-refractivity contribution is -0.136. The van der Waals surface area contributed by atoms with Crippen LogP contribution in [0, 0.1) is 23.2 Å². The van der Waals surface area contributed by atoms with Crippen LogP contribution in [0.1, 0.15) is 40.0 Å². The fourth-order valence-electron chi connectivity index (χ4n) is 4.57. The summed E-state index contributed by atoms with van der Waals surface area (Å²) in [5, 5.41) is 16.0. The summed E-state index contributed by atoms with van der Waals surface area (Å²) in [6, 6.07) is -0.114. The van der Waals surface area contributed by atoms with Gasteiger partial charge in [0.25, 0.3) is 0 Å². The molecule has 6 atom stereocenters. The van der Waals surface area contributed by atoms with Gasteiger partial charge in [-0.25, -0.2) is 0 Å². The minimum Gasteiger partial charge on any atom is -0.391 e. The second-order valence-corrected chi connectivity index (χ2v) is 7.36. The van der Waals surface area contributed by atoms with Crippen molar-refractivity contribution in [3.05, 3.63) is 0 Å². The van der Waals surface area contributed by atoms with Gasteiger partial charge in [-0.05, 0) is 49.0 Å². The zero-order valence-corrected chi connectivity index (χ0v) is 12.1. The average molecular weight is 266 g/mol. The Kier molecular flexibility index (Phi) is 3.13. The number of carbonyl (C=O) groups is 1. The van der Waals surface area contributed by atoms with Crippen molar-refractivity contribution < 1.29 is 9.90 Å². The minimum atomic E-state index is -0.523. The Morgan fingerprint density at radius 3 is 2.63 bits per heavy atom. The maximum Gasteiger partial charge on any atom is 0.240 e. The average Bonchev–Trinajstić information content (AvgIpc) is 2.77. The highest BCUT2D eigenvalue weighted by Gasteiger charge is 2.56. The van der Waals surface area contributed by atoms with Gasteiger partial charge in [0, 0.05) is 6.04 Å². The number of aliphatic hydroxyl groups excluding tert-OH is 1. The molecule has 2 bridgehead atoms. The molecule has 0 radical (unpaired) electrons. The number of nitrogens with one attached hydrogen (secondary N) is 2. The SMILES string of the molecule is C[C@@H]1[C@@H](NC(=O)[C@H]2NCC[C@@H]2O)C[C@H]2C[C@@H]1C2(C)C. The summed E-state index contributed by atoms with van der Waals surface area (Å²) in [4.78, 5) is 12.2. The lowest BCUT2D eigenvalue weighted by Crippen LogP contribution is -2.62. The smallest absolute Gasteiger partial charge is 0.240 e. The van der Waals surface area contributed by atoms with Crippen LogP contribution in [0.4, 0.5) is 0 Å². The van der Waals surface area contributed by atoms with E-state index in [1.165, 1.54) is 6.42 Å². The zero-order valence-electron chi connectivity index (χ0n) is 12.1. The van der Waals surface area contributed by atoms with E-state index in [0.29, 0.717) is 23.8 Å². The zero-order chi connectivity index (χ0) is 13.8. The van der Waals surface area contributed by atoms with Crippen LogP contribution in [-0.4, -0.2) is 35.7 Å². The lowest BCUT2D eigenvalue weighted by Gasteiger charge is -2.62. The van der Waals surface area contributed by atoms with Crippen LogP contribution in [0.3, 0.4) is 0 Å². The molecule has 3 aliphatic carbocycles. The third-order valence-corrected chi connectivity index (χ3v) is 6.15. The molecule has 0 aromatic carbocycles. The molecule has 108 valence electrons. The van der Waals surface area contributed by atoms with Crippen LogP contribution in [0.2, 0.25) is 0 Å². The van der Waals surface area contributed by atoms with Gasteiger partial charge in [0.2, 0.25) is 5.91 Å². The predicted octanol–water partition coefficient (Wildman–Crippen LogP) is 0.896. The first kappa shape index (κ1) is 13.4. The molecule has 4 heteroatoms. The molecule has 1 aliphatic heterocycles. The highest BCUT2D eigenvalue weighted by atomic mass is 16.3.